The summed E-state index contributed by atoms with van der Waals surface area (Å²) in [6, 6.07) is 13.4. The van der Waals surface area contributed by atoms with Gasteiger partial charge in [0.05, 0.1) is 38.1 Å². The summed E-state index contributed by atoms with van der Waals surface area (Å²) in [6.45, 7) is 0.638. The Morgan fingerprint density at radius 1 is 0.978 bits per heavy atom. The lowest BCUT2D eigenvalue weighted by Gasteiger charge is -2.16. The van der Waals surface area contributed by atoms with Crippen LogP contribution in [0.25, 0.3) is 16.6 Å². The van der Waals surface area contributed by atoms with Gasteiger partial charge in [-0.1, -0.05) is 0 Å². The largest absolute Gasteiger partial charge is 0.493 e. The van der Waals surface area contributed by atoms with E-state index in [-0.39, 0.29) is 35.3 Å². The fraction of sp³-hybridized carbons (Fsp3) is 0.212. The third kappa shape index (κ3) is 6.04. The maximum absolute atomic E-state index is 15.3. The Bertz CT molecular complexity index is 2060. The van der Waals surface area contributed by atoms with Crippen molar-refractivity contribution < 1.29 is 32.5 Å². The lowest BCUT2D eigenvalue weighted by molar-refractivity contribution is 0.0947. The Balaban J connectivity index is 1.30. The molecule has 46 heavy (non-hydrogen) atoms. The van der Waals surface area contributed by atoms with Crippen molar-refractivity contribution in [2.45, 2.75) is 25.5 Å². The molecule has 1 aliphatic heterocycles. The quantitative estimate of drug-likeness (QED) is 0.240. The second-order valence-corrected chi connectivity index (χ2v) is 10.5. The van der Waals surface area contributed by atoms with Gasteiger partial charge in [0.25, 0.3) is 11.5 Å². The highest BCUT2D eigenvalue weighted by atomic mass is 19.1. The first-order chi connectivity index (χ1) is 22.2. The molecular weight excluding hydrogens is 602 g/mol. The molecule has 0 aliphatic carbocycles. The monoisotopic (exact) mass is 630 g/mol. The normalized spacial score (nSPS) is 14.3. The zero-order valence-corrected chi connectivity index (χ0v) is 24.8. The molecule has 0 bridgehead atoms. The summed E-state index contributed by atoms with van der Waals surface area (Å²) in [5.74, 6) is -1.16. The smallest absolute Gasteiger partial charge is 0.335 e. The van der Waals surface area contributed by atoms with Gasteiger partial charge in [0, 0.05) is 42.2 Å². The van der Waals surface area contributed by atoms with Crippen molar-refractivity contribution >= 4 is 22.5 Å². The van der Waals surface area contributed by atoms with Crippen LogP contribution in [0, 0.1) is 11.6 Å². The van der Waals surface area contributed by atoms with E-state index in [0.717, 1.165) is 35.4 Å². The molecule has 13 heteroatoms. The van der Waals surface area contributed by atoms with Gasteiger partial charge >= 0.3 is 5.69 Å². The van der Waals surface area contributed by atoms with Crippen LogP contribution in [0.5, 0.6) is 23.0 Å². The third-order valence-electron chi connectivity index (χ3n) is 7.53. The number of nitrogens with one attached hydrogen (secondary N) is 1. The number of fused-ring (bicyclic) bond motifs is 1. The molecule has 0 spiro atoms. The summed E-state index contributed by atoms with van der Waals surface area (Å²) < 4.78 is 53.1. The van der Waals surface area contributed by atoms with Gasteiger partial charge < -0.3 is 24.3 Å². The molecule has 1 atom stereocenters. The molecule has 1 saturated heterocycles. The van der Waals surface area contributed by atoms with E-state index in [2.05, 4.69) is 10.3 Å². The number of aromatic nitrogens is 3. The molecule has 3 aromatic carbocycles. The van der Waals surface area contributed by atoms with Crippen LogP contribution in [0.1, 0.15) is 23.2 Å². The van der Waals surface area contributed by atoms with E-state index in [1.165, 1.54) is 49.2 Å². The summed E-state index contributed by atoms with van der Waals surface area (Å²) in [7, 11) is 2.99. The number of hydrogen-bond acceptors (Lipinski definition) is 8. The number of anilines is 1. The van der Waals surface area contributed by atoms with Crippen LogP contribution >= 0.6 is 0 Å². The molecule has 1 N–H and O–H groups in total. The first-order valence-corrected chi connectivity index (χ1v) is 14.3. The van der Waals surface area contributed by atoms with Crippen molar-refractivity contribution in [1.82, 2.24) is 14.1 Å². The Hall–Kier alpha value is -5.56. The molecule has 3 heterocycles. The first-order valence-electron chi connectivity index (χ1n) is 14.3. The Kier molecular flexibility index (Phi) is 8.49. The Labute approximate surface area is 260 Å². The highest BCUT2D eigenvalue weighted by Gasteiger charge is 2.23. The Morgan fingerprint density at radius 2 is 1.74 bits per heavy atom. The predicted molar refractivity (Wildman–Crippen MR) is 165 cm³/mol. The fourth-order valence-electron chi connectivity index (χ4n) is 5.23. The van der Waals surface area contributed by atoms with Crippen LogP contribution < -0.4 is 30.8 Å². The summed E-state index contributed by atoms with van der Waals surface area (Å²) in [4.78, 5) is 44.5. The molecular formula is C33H28F2N4O7. The third-order valence-corrected chi connectivity index (χ3v) is 7.53. The van der Waals surface area contributed by atoms with Crippen molar-refractivity contribution in [1.29, 1.82) is 0 Å². The van der Waals surface area contributed by atoms with Crippen molar-refractivity contribution in [3.05, 3.63) is 111 Å². The molecule has 2 aromatic heterocycles. The molecule has 5 aromatic rings. The number of pyridine rings is 1. The first kappa shape index (κ1) is 30.5. The number of halogens is 2. The maximum Gasteiger partial charge on any atom is 0.335 e. The minimum absolute atomic E-state index is 0.0328. The molecule has 1 unspecified atom stereocenters. The predicted octanol–water partition coefficient (Wildman–Crippen LogP) is 5.07. The molecule has 0 radical (unpaired) electrons. The van der Waals surface area contributed by atoms with Crippen LogP contribution in [0.3, 0.4) is 0 Å². The summed E-state index contributed by atoms with van der Waals surface area (Å²) >= 11 is 0. The SMILES string of the molecule is COc1cc2nccc(Oc3ccc(NC(=O)c4cn(CC5CCCO5)c(=O)n(-c5ccc(F)cc5)c4=O)cc3F)c2cc1OC. The van der Waals surface area contributed by atoms with Gasteiger partial charge in [-0.15, -0.1) is 0 Å². The number of carbonyl (C=O) groups excluding carboxylic acids is 1. The average molecular weight is 631 g/mol. The van der Waals surface area contributed by atoms with Crippen molar-refractivity contribution in [3.63, 3.8) is 0 Å². The van der Waals surface area contributed by atoms with E-state index >= 15 is 4.39 Å². The number of ether oxygens (including phenoxy) is 4. The molecule has 1 amide bonds. The second kappa shape index (κ2) is 12.8. The molecule has 1 aliphatic rings. The van der Waals surface area contributed by atoms with Crippen LogP contribution in [-0.2, 0) is 11.3 Å². The van der Waals surface area contributed by atoms with Gasteiger partial charge in [0.15, 0.2) is 23.1 Å². The summed E-state index contributed by atoms with van der Waals surface area (Å²) in [5.41, 5.74) is -1.36. The Morgan fingerprint density at radius 3 is 2.43 bits per heavy atom. The minimum atomic E-state index is -0.922. The number of carbonyl (C=O) groups is 1. The van der Waals surface area contributed by atoms with Gasteiger partial charge in [-0.25, -0.2) is 18.1 Å². The van der Waals surface area contributed by atoms with Gasteiger partial charge in [-0.2, -0.15) is 0 Å². The van der Waals surface area contributed by atoms with E-state index in [9.17, 15) is 18.8 Å². The standard InChI is InChI=1S/C33H28F2N4O7/c1-43-29-15-23-26(16-30(29)44-2)36-12-11-27(23)46-28-10-7-20(14-25(28)35)37-31(40)24-18-38(17-22-4-3-13-45-22)33(42)39(32(24)41)21-8-5-19(34)6-9-21/h5-12,14-16,18,22H,3-4,13,17H2,1-2H3,(H,37,40). The lowest BCUT2D eigenvalue weighted by atomic mass is 10.1. The van der Waals surface area contributed by atoms with E-state index in [1.54, 1.807) is 18.2 Å². The number of hydrogen-bond donors (Lipinski definition) is 1. The number of nitrogens with zero attached hydrogens (tertiary/aromatic N) is 3. The number of methoxy groups -OCH3 is 2. The van der Waals surface area contributed by atoms with E-state index < -0.39 is 28.8 Å². The average Bonchev–Trinajstić information content (AvgIpc) is 3.57. The fourth-order valence-corrected chi connectivity index (χ4v) is 5.23. The van der Waals surface area contributed by atoms with Gasteiger partial charge in [-0.05, 0) is 61.4 Å². The molecule has 11 nitrogen and oxygen atoms in total. The van der Waals surface area contributed by atoms with E-state index in [0.29, 0.717) is 41.2 Å². The summed E-state index contributed by atoms with van der Waals surface area (Å²) in [5, 5.41) is 3.07. The van der Waals surface area contributed by atoms with E-state index in [1.807, 2.05) is 0 Å². The van der Waals surface area contributed by atoms with Crippen LogP contribution in [0.15, 0.2) is 82.6 Å². The van der Waals surface area contributed by atoms with Crippen LogP contribution in [0.4, 0.5) is 14.5 Å². The van der Waals surface area contributed by atoms with Crippen LogP contribution in [0.2, 0.25) is 0 Å². The topological polar surface area (TPSA) is 123 Å². The van der Waals surface area contributed by atoms with Crippen LogP contribution in [-0.4, -0.2) is 47.0 Å². The molecule has 0 saturated carbocycles. The van der Waals surface area contributed by atoms with E-state index in [4.69, 9.17) is 18.9 Å². The number of rotatable bonds is 9. The number of benzene rings is 3. The van der Waals surface area contributed by atoms with Crippen molar-refractivity contribution in [3.8, 4) is 28.7 Å². The molecule has 236 valence electrons. The highest BCUT2D eigenvalue weighted by molar-refractivity contribution is 6.04. The van der Waals surface area contributed by atoms with Crippen molar-refractivity contribution in [2.75, 3.05) is 26.1 Å². The van der Waals surface area contributed by atoms with Gasteiger partial charge in [-0.3, -0.25) is 19.1 Å². The second-order valence-electron chi connectivity index (χ2n) is 10.5. The summed E-state index contributed by atoms with van der Waals surface area (Å²) in [6.07, 6.45) is 3.90. The minimum Gasteiger partial charge on any atom is -0.493 e. The zero-order chi connectivity index (χ0) is 32.4. The van der Waals surface area contributed by atoms with Crippen molar-refractivity contribution in [2.24, 2.45) is 0 Å². The lowest BCUT2D eigenvalue weighted by Crippen LogP contribution is -2.43. The highest BCUT2D eigenvalue weighted by Crippen LogP contribution is 2.37. The zero-order valence-electron chi connectivity index (χ0n) is 24.8. The van der Waals surface area contributed by atoms with Gasteiger partial charge in [0.2, 0.25) is 0 Å². The molecule has 1 fully saturated rings. The number of amides is 1. The maximum atomic E-state index is 15.3. The van der Waals surface area contributed by atoms with Gasteiger partial charge in [0.1, 0.15) is 17.1 Å². The molecule has 6 rings (SSSR count).